The van der Waals surface area contributed by atoms with Crippen LogP contribution in [0.5, 0.6) is 0 Å². The number of hydrogen-bond donors (Lipinski definition) is 0. The molecule has 0 aliphatic rings. The molecule has 1 aromatic carbocycles. The normalized spacial score (nSPS) is 13.6. The lowest BCUT2D eigenvalue weighted by Gasteiger charge is -2.05. The lowest BCUT2D eigenvalue weighted by molar-refractivity contribution is 0.539. The van der Waals surface area contributed by atoms with Gasteiger partial charge in [0.15, 0.2) is 0 Å². The minimum atomic E-state index is -2.12. The van der Waals surface area contributed by atoms with E-state index in [0.29, 0.717) is 10.1 Å². The maximum Gasteiger partial charge on any atom is 0.0813 e. The van der Waals surface area contributed by atoms with Gasteiger partial charge in [0.1, 0.15) is 0 Å². The summed E-state index contributed by atoms with van der Waals surface area (Å²) in [5.41, 5.74) is 2.12. The third kappa shape index (κ3) is 1.93. The topological polar surface area (TPSA) is 40.1 Å². The van der Waals surface area contributed by atoms with Crippen LogP contribution in [0.1, 0.15) is 30.9 Å². The van der Waals surface area contributed by atoms with Gasteiger partial charge in [-0.25, -0.2) is 0 Å². The molecule has 0 saturated heterocycles. The zero-order valence-corrected chi connectivity index (χ0v) is 11.1. The Morgan fingerprint density at radius 2 is 2.06 bits per heavy atom. The Morgan fingerprint density at radius 3 is 2.62 bits per heavy atom. The van der Waals surface area contributed by atoms with Crippen LogP contribution in [0.4, 0.5) is 0 Å². The van der Waals surface area contributed by atoms with E-state index < -0.39 is 11.1 Å². The summed E-state index contributed by atoms with van der Waals surface area (Å²) in [4.78, 5) is 0. The molecule has 0 N–H and O–H groups in total. The summed E-state index contributed by atoms with van der Waals surface area (Å²) in [6.45, 7) is 6.14. The summed E-state index contributed by atoms with van der Waals surface area (Å²) in [6.07, 6.45) is 0. The zero-order chi connectivity index (χ0) is 11.9. The predicted octanol–water partition coefficient (Wildman–Crippen LogP) is 3.57. The van der Waals surface area contributed by atoms with Crippen molar-refractivity contribution in [1.29, 1.82) is 0 Å². The highest BCUT2D eigenvalue weighted by molar-refractivity contribution is 7.82. The molecule has 16 heavy (non-hydrogen) atoms. The van der Waals surface area contributed by atoms with Crippen molar-refractivity contribution in [3.63, 3.8) is 0 Å². The molecule has 86 valence electrons. The zero-order valence-electron chi connectivity index (χ0n) is 9.44. The fraction of sp³-hybridized carbons (Fsp3) is 0.333. The summed E-state index contributed by atoms with van der Waals surface area (Å²) in [7, 11) is 0. The van der Waals surface area contributed by atoms with Gasteiger partial charge in [0.05, 0.1) is 4.21 Å². The molecule has 2 nitrogen and oxygen atoms in total. The third-order valence-electron chi connectivity index (χ3n) is 2.73. The van der Waals surface area contributed by atoms with Gasteiger partial charge in [-0.1, -0.05) is 19.9 Å². The van der Waals surface area contributed by atoms with Gasteiger partial charge in [-0.15, -0.1) is 11.3 Å². The number of fused-ring (bicyclic) bond motifs is 1. The Labute approximate surface area is 102 Å². The van der Waals surface area contributed by atoms with Crippen molar-refractivity contribution in [2.75, 3.05) is 0 Å². The van der Waals surface area contributed by atoms with Gasteiger partial charge in [-0.05, 0) is 52.6 Å². The van der Waals surface area contributed by atoms with Crippen LogP contribution in [-0.4, -0.2) is 8.76 Å². The smallest absolute Gasteiger partial charge is 0.0813 e. The monoisotopic (exact) mass is 253 g/mol. The molecule has 2 aromatic rings. The Kier molecular flexibility index (Phi) is 3.15. The predicted molar refractivity (Wildman–Crippen MR) is 67.8 cm³/mol. The average molecular weight is 253 g/mol. The molecular weight excluding hydrogens is 240 g/mol. The lowest BCUT2D eigenvalue weighted by atomic mass is 10.0. The molecular formula is C12H13O2S2-. The fourth-order valence-electron chi connectivity index (χ4n) is 1.73. The van der Waals surface area contributed by atoms with E-state index in [4.69, 9.17) is 0 Å². The lowest BCUT2D eigenvalue weighted by Crippen LogP contribution is -1.87. The Hall–Kier alpha value is -0.710. The summed E-state index contributed by atoms with van der Waals surface area (Å²) >= 11 is -0.782. The van der Waals surface area contributed by atoms with Gasteiger partial charge in [-0.3, -0.25) is 4.21 Å². The van der Waals surface area contributed by atoms with E-state index in [-0.39, 0.29) is 0 Å². The number of aryl methyl sites for hydroxylation is 1. The molecule has 0 saturated carbocycles. The molecule has 1 unspecified atom stereocenters. The van der Waals surface area contributed by atoms with Gasteiger partial charge in [0, 0.05) is 4.70 Å². The Morgan fingerprint density at radius 1 is 1.38 bits per heavy atom. The van der Waals surface area contributed by atoms with Crippen LogP contribution in [-0.2, 0) is 11.1 Å². The van der Waals surface area contributed by atoms with Gasteiger partial charge < -0.3 is 4.55 Å². The van der Waals surface area contributed by atoms with Crippen molar-refractivity contribution in [2.45, 2.75) is 30.9 Å². The average Bonchev–Trinajstić information content (AvgIpc) is 2.56. The summed E-state index contributed by atoms with van der Waals surface area (Å²) < 4.78 is 23.5. The van der Waals surface area contributed by atoms with Crippen LogP contribution >= 0.6 is 11.3 Å². The quantitative estimate of drug-likeness (QED) is 0.768. The van der Waals surface area contributed by atoms with Gasteiger partial charge in [0.25, 0.3) is 0 Å². The molecule has 0 radical (unpaired) electrons. The van der Waals surface area contributed by atoms with Crippen LogP contribution in [0.15, 0.2) is 22.4 Å². The number of benzene rings is 1. The molecule has 0 spiro atoms. The molecule has 4 heteroatoms. The molecule has 0 bridgehead atoms. The summed E-state index contributed by atoms with van der Waals surface area (Å²) in [5, 5.41) is 1.07. The first-order chi connectivity index (χ1) is 7.50. The Balaban J connectivity index is 2.69. The number of hydrogen-bond acceptors (Lipinski definition) is 3. The highest BCUT2D eigenvalue weighted by atomic mass is 32.2. The largest absolute Gasteiger partial charge is 0.768 e. The second-order valence-corrected chi connectivity index (χ2v) is 6.35. The molecule has 0 amide bonds. The van der Waals surface area contributed by atoms with Crippen LogP contribution in [0.2, 0.25) is 0 Å². The first-order valence-corrected chi connectivity index (χ1v) is 7.02. The summed E-state index contributed by atoms with van der Waals surface area (Å²) in [5.74, 6) is 0.463. The highest BCUT2D eigenvalue weighted by Gasteiger charge is 2.10. The third-order valence-corrected chi connectivity index (χ3v) is 5.07. The molecule has 0 aliphatic heterocycles. The molecule has 0 fully saturated rings. The maximum atomic E-state index is 11.0. The summed E-state index contributed by atoms with van der Waals surface area (Å²) in [6, 6.07) is 6.18. The minimum absolute atomic E-state index is 0.455. The second-order valence-electron chi connectivity index (χ2n) is 4.16. The first-order valence-electron chi connectivity index (χ1n) is 5.13. The fourth-order valence-corrected chi connectivity index (χ4v) is 3.56. The van der Waals surface area contributed by atoms with Crippen molar-refractivity contribution in [1.82, 2.24) is 0 Å². The highest BCUT2D eigenvalue weighted by Crippen LogP contribution is 2.34. The number of thiophene rings is 1. The Bertz CT molecular complexity index is 555. The van der Waals surface area contributed by atoms with Gasteiger partial charge in [0.2, 0.25) is 0 Å². The van der Waals surface area contributed by atoms with Crippen molar-refractivity contribution in [3.8, 4) is 0 Å². The van der Waals surface area contributed by atoms with Crippen molar-refractivity contribution < 1.29 is 8.76 Å². The van der Waals surface area contributed by atoms with Crippen molar-refractivity contribution in [2.24, 2.45) is 0 Å². The SMILES string of the molecule is Cc1c(S(=O)[O-])sc2ccc(C(C)C)cc12. The van der Waals surface area contributed by atoms with Gasteiger partial charge >= 0.3 is 0 Å². The number of rotatable bonds is 2. The molecule has 0 aliphatic carbocycles. The van der Waals surface area contributed by atoms with E-state index in [9.17, 15) is 8.76 Å². The van der Waals surface area contributed by atoms with E-state index in [0.717, 1.165) is 15.6 Å². The second kappa shape index (κ2) is 4.28. The van der Waals surface area contributed by atoms with E-state index in [1.54, 1.807) is 0 Å². The van der Waals surface area contributed by atoms with Crippen LogP contribution < -0.4 is 0 Å². The van der Waals surface area contributed by atoms with E-state index >= 15 is 0 Å². The molecule has 1 heterocycles. The van der Waals surface area contributed by atoms with Crippen LogP contribution in [0.25, 0.3) is 10.1 Å². The minimum Gasteiger partial charge on any atom is -0.768 e. The first kappa shape index (κ1) is 11.8. The van der Waals surface area contributed by atoms with Gasteiger partial charge in [-0.2, -0.15) is 0 Å². The molecule has 1 aromatic heterocycles. The van der Waals surface area contributed by atoms with Crippen molar-refractivity contribution in [3.05, 3.63) is 29.3 Å². The molecule has 1 atom stereocenters. The maximum absolute atomic E-state index is 11.0. The van der Waals surface area contributed by atoms with Crippen LogP contribution in [0.3, 0.4) is 0 Å². The van der Waals surface area contributed by atoms with E-state index in [1.165, 1.54) is 16.9 Å². The van der Waals surface area contributed by atoms with Crippen LogP contribution in [0, 0.1) is 6.92 Å². The van der Waals surface area contributed by atoms with Crippen molar-refractivity contribution >= 4 is 32.5 Å². The standard InChI is InChI=1S/C12H14O2S2/c1-7(2)9-4-5-11-10(6-9)8(3)12(15-11)16(13)14/h4-7H,1-3H3,(H,13,14)/p-1. The molecule has 2 rings (SSSR count). The van der Waals surface area contributed by atoms with E-state index in [1.807, 2.05) is 13.0 Å². The van der Waals surface area contributed by atoms with E-state index in [2.05, 4.69) is 26.0 Å².